The Hall–Kier alpha value is -1.18. The SMILES string of the molecule is CCCN(C)c1cccc(NC)c1. The molecular formula is C11H18N2. The van der Waals surface area contributed by atoms with E-state index in [1.807, 2.05) is 7.05 Å². The van der Waals surface area contributed by atoms with Crippen LogP contribution in [0.2, 0.25) is 0 Å². The van der Waals surface area contributed by atoms with Gasteiger partial charge in [-0.25, -0.2) is 0 Å². The summed E-state index contributed by atoms with van der Waals surface area (Å²) in [4.78, 5) is 2.26. The molecule has 1 rings (SSSR count). The molecule has 0 spiro atoms. The fraction of sp³-hybridized carbons (Fsp3) is 0.455. The Bertz CT molecular complexity index is 258. The Morgan fingerprint density at radius 1 is 1.38 bits per heavy atom. The van der Waals surface area contributed by atoms with Crippen LogP contribution in [-0.2, 0) is 0 Å². The van der Waals surface area contributed by atoms with E-state index >= 15 is 0 Å². The van der Waals surface area contributed by atoms with Gasteiger partial charge in [-0.15, -0.1) is 0 Å². The third kappa shape index (κ3) is 2.65. The van der Waals surface area contributed by atoms with Crippen molar-refractivity contribution in [3.05, 3.63) is 24.3 Å². The summed E-state index contributed by atoms with van der Waals surface area (Å²) >= 11 is 0. The zero-order valence-corrected chi connectivity index (χ0v) is 8.67. The Labute approximate surface area is 80.6 Å². The molecule has 0 heterocycles. The topological polar surface area (TPSA) is 15.3 Å². The van der Waals surface area contributed by atoms with Crippen molar-refractivity contribution in [1.82, 2.24) is 0 Å². The average Bonchev–Trinajstić information content (AvgIpc) is 2.18. The maximum absolute atomic E-state index is 3.14. The highest BCUT2D eigenvalue weighted by Crippen LogP contribution is 2.17. The number of hydrogen-bond donors (Lipinski definition) is 1. The number of anilines is 2. The molecule has 0 unspecified atom stereocenters. The standard InChI is InChI=1S/C11H18N2/c1-4-8-13(3)11-7-5-6-10(9-11)12-2/h5-7,9,12H,4,8H2,1-3H3. The summed E-state index contributed by atoms with van der Waals surface area (Å²) in [5.41, 5.74) is 2.44. The van der Waals surface area contributed by atoms with Crippen LogP contribution in [0.1, 0.15) is 13.3 Å². The second-order valence-corrected chi connectivity index (χ2v) is 3.22. The lowest BCUT2D eigenvalue weighted by atomic mass is 10.2. The van der Waals surface area contributed by atoms with Gasteiger partial charge in [0, 0.05) is 32.0 Å². The van der Waals surface area contributed by atoms with Crippen LogP contribution in [0.15, 0.2) is 24.3 Å². The third-order valence-corrected chi connectivity index (χ3v) is 2.13. The van der Waals surface area contributed by atoms with Crippen molar-refractivity contribution in [1.29, 1.82) is 0 Å². The summed E-state index contributed by atoms with van der Waals surface area (Å²) in [6.07, 6.45) is 1.18. The van der Waals surface area contributed by atoms with Gasteiger partial charge in [-0.1, -0.05) is 13.0 Å². The van der Waals surface area contributed by atoms with Crippen molar-refractivity contribution in [2.75, 3.05) is 30.9 Å². The van der Waals surface area contributed by atoms with Gasteiger partial charge in [-0.3, -0.25) is 0 Å². The highest BCUT2D eigenvalue weighted by molar-refractivity contribution is 5.57. The molecule has 0 atom stereocenters. The van der Waals surface area contributed by atoms with Crippen molar-refractivity contribution in [3.8, 4) is 0 Å². The highest BCUT2D eigenvalue weighted by atomic mass is 15.1. The van der Waals surface area contributed by atoms with Crippen LogP contribution >= 0.6 is 0 Å². The van der Waals surface area contributed by atoms with E-state index in [0.717, 1.165) is 6.54 Å². The van der Waals surface area contributed by atoms with Crippen LogP contribution in [0.25, 0.3) is 0 Å². The van der Waals surface area contributed by atoms with Crippen LogP contribution in [-0.4, -0.2) is 20.6 Å². The first-order valence-electron chi connectivity index (χ1n) is 4.77. The zero-order chi connectivity index (χ0) is 9.68. The maximum Gasteiger partial charge on any atom is 0.0384 e. The molecule has 0 saturated carbocycles. The minimum Gasteiger partial charge on any atom is -0.388 e. The number of nitrogens with zero attached hydrogens (tertiary/aromatic N) is 1. The van der Waals surface area contributed by atoms with Crippen molar-refractivity contribution in [3.63, 3.8) is 0 Å². The largest absolute Gasteiger partial charge is 0.388 e. The van der Waals surface area contributed by atoms with Gasteiger partial charge >= 0.3 is 0 Å². The summed E-state index contributed by atoms with van der Waals surface area (Å²) in [6, 6.07) is 8.45. The van der Waals surface area contributed by atoms with E-state index in [1.165, 1.54) is 17.8 Å². The van der Waals surface area contributed by atoms with E-state index in [4.69, 9.17) is 0 Å². The van der Waals surface area contributed by atoms with Crippen LogP contribution in [0.4, 0.5) is 11.4 Å². The molecule has 0 amide bonds. The van der Waals surface area contributed by atoms with Crippen molar-refractivity contribution >= 4 is 11.4 Å². The maximum atomic E-state index is 3.14. The molecule has 1 aromatic rings. The average molecular weight is 178 g/mol. The van der Waals surface area contributed by atoms with E-state index in [-0.39, 0.29) is 0 Å². The Kier molecular flexibility index (Phi) is 3.62. The van der Waals surface area contributed by atoms with Crippen molar-refractivity contribution in [2.24, 2.45) is 0 Å². The summed E-state index contributed by atoms with van der Waals surface area (Å²) < 4.78 is 0. The highest BCUT2D eigenvalue weighted by Gasteiger charge is 1.98. The molecule has 0 aliphatic heterocycles. The predicted octanol–water partition coefficient (Wildman–Crippen LogP) is 2.57. The van der Waals surface area contributed by atoms with Gasteiger partial charge in [0.1, 0.15) is 0 Å². The second-order valence-electron chi connectivity index (χ2n) is 3.22. The minimum atomic E-state index is 1.10. The fourth-order valence-corrected chi connectivity index (χ4v) is 1.36. The first-order valence-corrected chi connectivity index (χ1v) is 4.77. The molecule has 0 aromatic heterocycles. The molecule has 1 N–H and O–H groups in total. The lowest BCUT2D eigenvalue weighted by molar-refractivity contribution is 0.852. The van der Waals surface area contributed by atoms with Crippen molar-refractivity contribution in [2.45, 2.75) is 13.3 Å². The van der Waals surface area contributed by atoms with Gasteiger partial charge < -0.3 is 10.2 Å². The summed E-state index contributed by atoms with van der Waals surface area (Å²) in [6.45, 7) is 3.30. The summed E-state index contributed by atoms with van der Waals surface area (Å²) in [7, 11) is 4.07. The van der Waals surface area contributed by atoms with E-state index in [0.29, 0.717) is 0 Å². The molecule has 2 heteroatoms. The molecule has 1 aromatic carbocycles. The van der Waals surface area contributed by atoms with Crippen LogP contribution < -0.4 is 10.2 Å². The van der Waals surface area contributed by atoms with E-state index < -0.39 is 0 Å². The Balaban J connectivity index is 2.75. The third-order valence-electron chi connectivity index (χ3n) is 2.13. The van der Waals surface area contributed by atoms with Crippen LogP contribution in [0.5, 0.6) is 0 Å². The van der Waals surface area contributed by atoms with Crippen molar-refractivity contribution < 1.29 is 0 Å². The number of hydrogen-bond acceptors (Lipinski definition) is 2. The second kappa shape index (κ2) is 4.75. The summed E-state index contributed by atoms with van der Waals surface area (Å²) in [5, 5.41) is 3.14. The first-order chi connectivity index (χ1) is 6.27. The van der Waals surface area contributed by atoms with Gasteiger partial charge in [0.15, 0.2) is 0 Å². The first kappa shape index (κ1) is 9.90. The fourth-order valence-electron chi connectivity index (χ4n) is 1.36. The lowest BCUT2D eigenvalue weighted by Crippen LogP contribution is -2.17. The summed E-state index contributed by atoms with van der Waals surface area (Å²) in [5.74, 6) is 0. The number of benzene rings is 1. The predicted molar refractivity (Wildman–Crippen MR) is 59.5 cm³/mol. The zero-order valence-electron chi connectivity index (χ0n) is 8.67. The molecule has 2 nitrogen and oxygen atoms in total. The van der Waals surface area contributed by atoms with E-state index in [9.17, 15) is 0 Å². The Morgan fingerprint density at radius 3 is 2.77 bits per heavy atom. The number of rotatable bonds is 4. The molecule has 0 saturated heterocycles. The molecule has 0 radical (unpaired) electrons. The van der Waals surface area contributed by atoms with Gasteiger partial charge in [0.2, 0.25) is 0 Å². The number of nitrogens with one attached hydrogen (secondary N) is 1. The molecule has 0 bridgehead atoms. The lowest BCUT2D eigenvalue weighted by Gasteiger charge is -2.18. The van der Waals surface area contributed by atoms with Gasteiger partial charge in [-0.2, -0.15) is 0 Å². The van der Waals surface area contributed by atoms with Crippen LogP contribution in [0, 0.1) is 0 Å². The molecule has 72 valence electrons. The molecular weight excluding hydrogens is 160 g/mol. The van der Waals surface area contributed by atoms with Crippen LogP contribution in [0.3, 0.4) is 0 Å². The Morgan fingerprint density at radius 2 is 2.15 bits per heavy atom. The van der Waals surface area contributed by atoms with Gasteiger partial charge in [-0.05, 0) is 24.6 Å². The quantitative estimate of drug-likeness (QED) is 0.762. The molecule has 13 heavy (non-hydrogen) atoms. The van der Waals surface area contributed by atoms with Gasteiger partial charge in [0.05, 0.1) is 0 Å². The van der Waals surface area contributed by atoms with E-state index in [2.05, 4.69) is 48.5 Å². The monoisotopic (exact) mass is 178 g/mol. The molecule has 0 fully saturated rings. The molecule has 0 aliphatic rings. The smallest absolute Gasteiger partial charge is 0.0384 e. The van der Waals surface area contributed by atoms with Gasteiger partial charge in [0.25, 0.3) is 0 Å². The minimum absolute atomic E-state index is 1.10. The molecule has 0 aliphatic carbocycles. The van der Waals surface area contributed by atoms with E-state index in [1.54, 1.807) is 0 Å². The normalized spacial score (nSPS) is 9.77.